The predicted molar refractivity (Wildman–Crippen MR) is 125 cm³/mol. The number of carbonyl (C=O) groups excluding carboxylic acids is 4. The minimum Gasteiger partial charge on any atom is -0.454 e. The molecule has 3 unspecified atom stereocenters. The van der Waals surface area contributed by atoms with Crippen LogP contribution in [0.25, 0.3) is 0 Å². The summed E-state index contributed by atoms with van der Waals surface area (Å²) in [6.45, 7) is 2.23. The molecule has 0 saturated carbocycles. The van der Waals surface area contributed by atoms with Gasteiger partial charge in [0.15, 0.2) is 17.3 Å². The number of benzene rings is 1. The number of fused-ring (bicyclic) bond motifs is 2. The molecule has 0 spiro atoms. The maximum atomic E-state index is 13.5. The van der Waals surface area contributed by atoms with Crippen LogP contribution in [-0.2, 0) is 9.59 Å². The second kappa shape index (κ2) is 9.84. The van der Waals surface area contributed by atoms with Crippen LogP contribution >= 0.6 is 0 Å². The fraction of sp³-hybridized carbons (Fsp3) is 0.400. The average Bonchev–Trinajstić information content (AvgIpc) is 3.60. The van der Waals surface area contributed by atoms with Crippen LogP contribution in [0.2, 0.25) is 0 Å². The van der Waals surface area contributed by atoms with Gasteiger partial charge in [0, 0.05) is 18.8 Å². The number of nitrogens with zero attached hydrogens (tertiary/aromatic N) is 3. The largest absolute Gasteiger partial charge is 0.454 e. The Labute approximate surface area is 207 Å². The third-order valence-corrected chi connectivity index (χ3v) is 6.57. The molecule has 3 aliphatic heterocycles. The van der Waals surface area contributed by atoms with Crippen molar-refractivity contribution in [2.75, 3.05) is 19.9 Å². The molecule has 0 radical (unpaired) electrons. The molecule has 5 rings (SSSR count). The van der Waals surface area contributed by atoms with Crippen LogP contribution in [0.3, 0.4) is 0 Å². The second-order valence-electron chi connectivity index (χ2n) is 8.84. The highest BCUT2D eigenvalue weighted by Crippen LogP contribution is 2.35. The molecule has 1 N–H and O–H groups in total. The van der Waals surface area contributed by atoms with Gasteiger partial charge in [0.1, 0.15) is 23.5 Å². The van der Waals surface area contributed by atoms with Crippen molar-refractivity contribution >= 4 is 23.7 Å². The van der Waals surface area contributed by atoms with Crippen LogP contribution in [0, 0.1) is 0 Å². The molecule has 4 heterocycles. The highest BCUT2D eigenvalue weighted by atomic mass is 16.7. The lowest BCUT2D eigenvalue weighted by Crippen LogP contribution is -2.53. The van der Waals surface area contributed by atoms with Crippen LogP contribution < -0.4 is 19.5 Å². The van der Waals surface area contributed by atoms with Gasteiger partial charge in [-0.1, -0.05) is 19.4 Å². The van der Waals surface area contributed by atoms with Gasteiger partial charge < -0.3 is 29.3 Å². The van der Waals surface area contributed by atoms with E-state index in [9.17, 15) is 19.2 Å². The molecular weight excluding hydrogens is 468 g/mol. The molecule has 11 heteroatoms. The monoisotopic (exact) mass is 494 g/mol. The van der Waals surface area contributed by atoms with Gasteiger partial charge in [0.2, 0.25) is 12.7 Å². The molecule has 3 amide bonds. The maximum Gasteiger partial charge on any atom is 0.413 e. The molecule has 0 aliphatic carbocycles. The Balaban J connectivity index is 1.26. The summed E-state index contributed by atoms with van der Waals surface area (Å²) in [5.41, 5.74) is 0.257. The van der Waals surface area contributed by atoms with Crippen LogP contribution in [0.15, 0.2) is 42.6 Å². The number of pyridine rings is 1. The minimum atomic E-state index is -0.872. The highest BCUT2D eigenvalue weighted by molar-refractivity contribution is 6.02. The van der Waals surface area contributed by atoms with Gasteiger partial charge >= 0.3 is 6.09 Å². The SMILES string of the molecule is CCCC(NC(=O)Oc1ccc2c(c1)OCO2)C(=O)N1CCC2C1C(=O)CN2C(=O)c1ccccn1. The van der Waals surface area contributed by atoms with E-state index in [0.717, 1.165) is 0 Å². The highest BCUT2D eigenvalue weighted by Gasteiger charge is 2.52. The van der Waals surface area contributed by atoms with Crippen LogP contribution in [-0.4, -0.2) is 76.5 Å². The number of ether oxygens (including phenoxy) is 3. The van der Waals surface area contributed by atoms with Crippen molar-refractivity contribution in [1.82, 2.24) is 20.1 Å². The normalized spacial score (nSPS) is 20.8. The van der Waals surface area contributed by atoms with E-state index in [-0.39, 0.29) is 42.4 Å². The number of aromatic nitrogens is 1. The molecule has 0 bridgehead atoms. The Kier molecular flexibility index (Phi) is 6.45. The van der Waals surface area contributed by atoms with Gasteiger partial charge in [-0.15, -0.1) is 0 Å². The fourth-order valence-corrected chi connectivity index (χ4v) is 4.94. The summed E-state index contributed by atoms with van der Waals surface area (Å²) in [4.78, 5) is 59.0. The summed E-state index contributed by atoms with van der Waals surface area (Å²) < 4.78 is 15.9. The van der Waals surface area contributed by atoms with E-state index in [0.29, 0.717) is 37.3 Å². The Morgan fingerprint density at radius 3 is 2.78 bits per heavy atom. The molecular formula is C25H26N4O7. The van der Waals surface area contributed by atoms with Crippen molar-refractivity contribution in [2.24, 2.45) is 0 Å². The van der Waals surface area contributed by atoms with Gasteiger partial charge in [-0.3, -0.25) is 19.4 Å². The van der Waals surface area contributed by atoms with E-state index in [1.807, 2.05) is 6.92 Å². The fourth-order valence-electron chi connectivity index (χ4n) is 4.94. The summed E-state index contributed by atoms with van der Waals surface area (Å²) in [7, 11) is 0. The van der Waals surface area contributed by atoms with Gasteiger partial charge in [0.25, 0.3) is 5.91 Å². The quantitative estimate of drug-likeness (QED) is 0.644. The molecule has 1 aromatic heterocycles. The van der Waals surface area contributed by atoms with E-state index in [1.54, 1.807) is 30.3 Å². The van der Waals surface area contributed by atoms with Crippen molar-refractivity contribution in [3.05, 3.63) is 48.3 Å². The van der Waals surface area contributed by atoms with Crippen molar-refractivity contribution < 1.29 is 33.4 Å². The molecule has 2 fully saturated rings. The van der Waals surface area contributed by atoms with Crippen molar-refractivity contribution in [2.45, 2.75) is 44.3 Å². The minimum absolute atomic E-state index is 0.0768. The number of ketones is 1. The first kappa shape index (κ1) is 23.6. The van der Waals surface area contributed by atoms with E-state index in [2.05, 4.69) is 10.3 Å². The average molecular weight is 495 g/mol. The second-order valence-corrected chi connectivity index (χ2v) is 8.84. The summed E-state index contributed by atoms with van der Waals surface area (Å²) in [6.07, 6.45) is 2.20. The summed E-state index contributed by atoms with van der Waals surface area (Å²) >= 11 is 0. The van der Waals surface area contributed by atoms with E-state index >= 15 is 0 Å². The summed E-state index contributed by atoms with van der Waals surface area (Å²) in [5, 5.41) is 2.64. The van der Waals surface area contributed by atoms with E-state index < -0.39 is 24.2 Å². The number of hydrogen-bond acceptors (Lipinski definition) is 8. The summed E-state index contributed by atoms with van der Waals surface area (Å²) in [5.74, 6) is 0.369. The van der Waals surface area contributed by atoms with Gasteiger partial charge in [-0.2, -0.15) is 0 Å². The topological polar surface area (TPSA) is 127 Å². The molecule has 36 heavy (non-hydrogen) atoms. The number of nitrogens with one attached hydrogen (secondary N) is 1. The molecule has 1 aromatic carbocycles. The van der Waals surface area contributed by atoms with E-state index in [4.69, 9.17) is 14.2 Å². The molecule has 11 nitrogen and oxygen atoms in total. The number of Topliss-reactive ketones (excluding diaryl/α,β-unsaturated/α-hetero) is 1. The lowest BCUT2D eigenvalue weighted by molar-refractivity contribution is -0.138. The predicted octanol–water partition coefficient (Wildman–Crippen LogP) is 1.76. The third kappa shape index (κ3) is 4.43. The first-order valence-electron chi connectivity index (χ1n) is 11.9. The Hall–Kier alpha value is -4.15. The van der Waals surface area contributed by atoms with Crippen molar-refractivity contribution in [3.8, 4) is 17.2 Å². The zero-order valence-electron chi connectivity index (χ0n) is 19.7. The number of amides is 3. The number of carbonyl (C=O) groups is 4. The molecule has 3 aliphatic rings. The first-order chi connectivity index (χ1) is 17.5. The number of rotatable bonds is 6. The van der Waals surface area contributed by atoms with Gasteiger partial charge in [-0.05, 0) is 37.1 Å². The molecule has 188 valence electrons. The van der Waals surface area contributed by atoms with Crippen molar-refractivity contribution in [3.63, 3.8) is 0 Å². The zero-order valence-corrected chi connectivity index (χ0v) is 19.7. The van der Waals surface area contributed by atoms with E-state index in [1.165, 1.54) is 22.1 Å². The van der Waals surface area contributed by atoms with Crippen LogP contribution in [0.1, 0.15) is 36.7 Å². The van der Waals surface area contributed by atoms with Crippen molar-refractivity contribution in [1.29, 1.82) is 0 Å². The zero-order chi connectivity index (χ0) is 25.2. The lowest BCUT2D eigenvalue weighted by atomic mass is 10.1. The number of likely N-dealkylation sites (tertiary alicyclic amines) is 2. The Morgan fingerprint density at radius 2 is 2.00 bits per heavy atom. The smallest absolute Gasteiger partial charge is 0.413 e. The van der Waals surface area contributed by atoms with Gasteiger partial charge in [-0.25, -0.2) is 4.79 Å². The Morgan fingerprint density at radius 1 is 1.17 bits per heavy atom. The van der Waals surface area contributed by atoms with Gasteiger partial charge in [0.05, 0.1) is 12.6 Å². The van der Waals surface area contributed by atoms with Crippen LogP contribution in [0.5, 0.6) is 17.2 Å². The summed E-state index contributed by atoms with van der Waals surface area (Å²) in [6, 6.07) is 7.73. The Bertz CT molecular complexity index is 1190. The standard InChI is InChI=1S/C25H26N4O7/c1-2-5-17(27-25(33)36-15-7-8-20-21(12-15)35-14-34-20)24(32)28-11-9-18-22(28)19(30)13-29(18)23(31)16-6-3-4-10-26-16/h3-4,6-8,10,12,17-18,22H,2,5,9,11,13-14H2,1H3,(H,27,33). The molecule has 3 atom stereocenters. The third-order valence-electron chi connectivity index (χ3n) is 6.57. The first-order valence-corrected chi connectivity index (χ1v) is 11.9. The number of hydrogen-bond donors (Lipinski definition) is 1. The molecule has 2 saturated heterocycles. The molecule has 2 aromatic rings. The lowest BCUT2D eigenvalue weighted by Gasteiger charge is -2.28. The maximum absolute atomic E-state index is 13.5. The van der Waals surface area contributed by atoms with Crippen LogP contribution in [0.4, 0.5) is 4.79 Å².